The van der Waals surface area contributed by atoms with Crippen molar-refractivity contribution in [2.45, 2.75) is 32.9 Å². The van der Waals surface area contributed by atoms with Crippen LogP contribution in [0, 0.1) is 0 Å². The molecular formula is C13H19ClN2O2. The molecule has 0 aliphatic heterocycles. The molecule has 0 aromatic heterocycles. The van der Waals surface area contributed by atoms with Crippen molar-refractivity contribution >= 4 is 28.9 Å². The maximum atomic E-state index is 11.0. The first kappa shape index (κ1) is 14.8. The van der Waals surface area contributed by atoms with Crippen LogP contribution in [0.2, 0.25) is 5.02 Å². The second-order valence-corrected chi connectivity index (χ2v) is 4.66. The van der Waals surface area contributed by atoms with Crippen LogP contribution in [0.15, 0.2) is 18.2 Å². The maximum absolute atomic E-state index is 11.0. The molecule has 5 heteroatoms. The summed E-state index contributed by atoms with van der Waals surface area (Å²) in [5.74, 6) is -0.140. The number of methoxy groups -OCH3 is 1. The van der Waals surface area contributed by atoms with Gasteiger partial charge in [-0.3, -0.25) is 4.79 Å². The van der Waals surface area contributed by atoms with E-state index in [-0.39, 0.29) is 18.1 Å². The number of benzene rings is 1. The first-order valence-corrected chi connectivity index (χ1v) is 6.18. The molecule has 2 unspecified atom stereocenters. The minimum atomic E-state index is -0.140. The fourth-order valence-electron chi connectivity index (χ4n) is 1.48. The number of hydrogen-bond acceptors (Lipinski definition) is 3. The number of ether oxygens (including phenoxy) is 1. The van der Waals surface area contributed by atoms with Crippen LogP contribution in [0.4, 0.5) is 11.4 Å². The van der Waals surface area contributed by atoms with E-state index >= 15 is 0 Å². The lowest BCUT2D eigenvalue weighted by atomic mass is 10.2. The van der Waals surface area contributed by atoms with Crippen molar-refractivity contribution in [3.8, 4) is 0 Å². The number of carbonyl (C=O) groups excluding carboxylic acids is 1. The maximum Gasteiger partial charge on any atom is 0.221 e. The Hall–Kier alpha value is -1.26. The Bertz CT molecular complexity index is 423. The van der Waals surface area contributed by atoms with Gasteiger partial charge >= 0.3 is 0 Å². The Balaban J connectivity index is 2.75. The molecule has 1 aromatic rings. The van der Waals surface area contributed by atoms with Crippen LogP contribution in [0.3, 0.4) is 0 Å². The van der Waals surface area contributed by atoms with Gasteiger partial charge in [0.2, 0.25) is 5.91 Å². The van der Waals surface area contributed by atoms with Crippen LogP contribution in [0.1, 0.15) is 20.8 Å². The van der Waals surface area contributed by atoms with E-state index in [9.17, 15) is 4.79 Å². The fourth-order valence-corrected chi connectivity index (χ4v) is 1.71. The summed E-state index contributed by atoms with van der Waals surface area (Å²) >= 11 is 6.08. The number of carbonyl (C=O) groups is 1. The molecule has 0 saturated heterocycles. The van der Waals surface area contributed by atoms with Crippen LogP contribution in [-0.2, 0) is 9.53 Å². The van der Waals surface area contributed by atoms with E-state index in [4.69, 9.17) is 16.3 Å². The minimum absolute atomic E-state index is 0.0961. The third kappa shape index (κ3) is 4.20. The Morgan fingerprint density at radius 1 is 1.39 bits per heavy atom. The standard InChI is InChI=1S/C13H19ClN2O2/c1-8(9(2)18-4)15-11-5-6-13(12(14)7-11)16-10(3)17/h5-9,15H,1-4H3,(H,16,17). The number of anilines is 2. The minimum Gasteiger partial charge on any atom is -0.380 e. The Morgan fingerprint density at radius 2 is 2.06 bits per heavy atom. The second kappa shape index (κ2) is 6.61. The molecule has 0 radical (unpaired) electrons. The molecule has 0 heterocycles. The van der Waals surface area contributed by atoms with Gasteiger partial charge in [0.15, 0.2) is 0 Å². The van der Waals surface area contributed by atoms with E-state index in [1.54, 1.807) is 19.2 Å². The highest BCUT2D eigenvalue weighted by Crippen LogP contribution is 2.26. The summed E-state index contributed by atoms with van der Waals surface area (Å²) in [5.41, 5.74) is 1.51. The summed E-state index contributed by atoms with van der Waals surface area (Å²) in [6.45, 7) is 5.47. The molecule has 18 heavy (non-hydrogen) atoms. The van der Waals surface area contributed by atoms with Gasteiger partial charge in [0, 0.05) is 25.8 Å². The number of rotatable bonds is 5. The van der Waals surface area contributed by atoms with Crippen molar-refractivity contribution in [3.05, 3.63) is 23.2 Å². The fraction of sp³-hybridized carbons (Fsp3) is 0.462. The molecular weight excluding hydrogens is 252 g/mol. The van der Waals surface area contributed by atoms with Gasteiger partial charge in [-0.2, -0.15) is 0 Å². The van der Waals surface area contributed by atoms with Crippen LogP contribution in [-0.4, -0.2) is 25.2 Å². The van der Waals surface area contributed by atoms with Gasteiger partial charge in [-0.25, -0.2) is 0 Å². The van der Waals surface area contributed by atoms with Crippen LogP contribution >= 0.6 is 11.6 Å². The quantitative estimate of drug-likeness (QED) is 0.864. The number of halogens is 1. The van der Waals surface area contributed by atoms with Gasteiger partial charge < -0.3 is 15.4 Å². The number of hydrogen-bond donors (Lipinski definition) is 2. The molecule has 0 saturated carbocycles. The van der Waals surface area contributed by atoms with Crippen LogP contribution < -0.4 is 10.6 Å². The van der Waals surface area contributed by atoms with Crippen LogP contribution in [0.5, 0.6) is 0 Å². The molecule has 0 fully saturated rings. The predicted octanol–water partition coefficient (Wildman–Crippen LogP) is 3.13. The Kier molecular flexibility index (Phi) is 5.44. The van der Waals surface area contributed by atoms with Gasteiger partial charge in [-0.15, -0.1) is 0 Å². The van der Waals surface area contributed by atoms with Crippen molar-refractivity contribution in [1.82, 2.24) is 0 Å². The van der Waals surface area contributed by atoms with Crippen molar-refractivity contribution in [1.29, 1.82) is 0 Å². The molecule has 0 aliphatic rings. The second-order valence-electron chi connectivity index (χ2n) is 4.25. The summed E-state index contributed by atoms with van der Waals surface area (Å²) in [7, 11) is 1.68. The predicted molar refractivity (Wildman–Crippen MR) is 75.3 cm³/mol. The molecule has 1 rings (SSSR count). The van der Waals surface area contributed by atoms with Gasteiger partial charge in [0.1, 0.15) is 0 Å². The third-order valence-electron chi connectivity index (χ3n) is 2.75. The molecule has 1 amide bonds. The lowest BCUT2D eigenvalue weighted by Crippen LogP contribution is -2.29. The molecule has 100 valence electrons. The monoisotopic (exact) mass is 270 g/mol. The summed E-state index contributed by atoms with van der Waals surface area (Å²) in [6.07, 6.45) is 0.0961. The Labute approximate surface area is 113 Å². The molecule has 0 aliphatic carbocycles. The van der Waals surface area contributed by atoms with Gasteiger partial charge in [-0.05, 0) is 32.0 Å². The number of amides is 1. The normalized spacial score (nSPS) is 13.8. The molecule has 2 atom stereocenters. The van der Waals surface area contributed by atoms with Crippen molar-refractivity contribution in [2.24, 2.45) is 0 Å². The molecule has 4 nitrogen and oxygen atoms in total. The van der Waals surface area contributed by atoms with E-state index in [2.05, 4.69) is 10.6 Å². The zero-order chi connectivity index (χ0) is 13.7. The van der Waals surface area contributed by atoms with E-state index in [1.165, 1.54) is 6.92 Å². The Morgan fingerprint density at radius 3 is 2.56 bits per heavy atom. The molecule has 0 spiro atoms. The zero-order valence-corrected chi connectivity index (χ0v) is 11.8. The average molecular weight is 271 g/mol. The van der Waals surface area contributed by atoms with E-state index in [1.807, 2.05) is 19.9 Å². The lowest BCUT2D eigenvalue weighted by molar-refractivity contribution is -0.114. The highest BCUT2D eigenvalue weighted by atomic mass is 35.5. The first-order valence-electron chi connectivity index (χ1n) is 5.80. The van der Waals surface area contributed by atoms with Crippen molar-refractivity contribution < 1.29 is 9.53 Å². The van der Waals surface area contributed by atoms with Crippen LogP contribution in [0.25, 0.3) is 0 Å². The van der Waals surface area contributed by atoms with Gasteiger partial charge in [0.05, 0.1) is 16.8 Å². The number of nitrogens with one attached hydrogen (secondary N) is 2. The molecule has 2 N–H and O–H groups in total. The largest absolute Gasteiger partial charge is 0.380 e. The lowest BCUT2D eigenvalue weighted by Gasteiger charge is -2.21. The average Bonchev–Trinajstić information content (AvgIpc) is 2.31. The van der Waals surface area contributed by atoms with E-state index in [0.717, 1.165) is 5.69 Å². The zero-order valence-electron chi connectivity index (χ0n) is 11.1. The van der Waals surface area contributed by atoms with Gasteiger partial charge in [-0.1, -0.05) is 11.6 Å². The third-order valence-corrected chi connectivity index (χ3v) is 3.06. The summed E-state index contributed by atoms with van der Waals surface area (Å²) < 4.78 is 5.24. The van der Waals surface area contributed by atoms with Crippen molar-refractivity contribution in [3.63, 3.8) is 0 Å². The topological polar surface area (TPSA) is 50.4 Å². The summed E-state index contributed by atoms with van der Waals surface area (Å²) in [5, 5.41) is 6.46. The molecule has 0 bridgehead atoms. The first-order chi connectivity index (χ1) is 8.43. The van der Waals surface area contributed by atoms with E-state index in [0.29, 0.717) is 10.7 Å². The summed E-state index contributed by atoms with van der Waals surface area (Å²) in [4.78, 5) is 11.0. The summed E-state index contributed by atoms with van der Waals surface area (Å²) in [6, 6.07) is 5.59. The van der Waals surface area contributed by atoms with E-state index < -0.39 is 0 Å². The highest BCUT2D eigenvalue weighted by molar-refractivity contribution is 6.34. The SMILES string of the molecule is COC(C)C(C)Nc1ccc(NC(C)=O)c(Cl)c1. The highest BCUT2D eigenvalue weighted by Gasteiger charge is 2.11. The van der Waals surface area contributed by atoms with Crippen molar-refractivity contribution in [2.75, 3.05) is 17.7 Å². The van der Waals surface area contributed by atoms with Gasteiger partial charge in [0.25, 0.3) is 0 Å². The molecule has 1 aromatic carbocycles. The smallest absolute Gasteiger partial charge is 0.221 e.